The first-order valence-electron chi connectivity index (χ1n) is 5.71. The summed E-state index contributed by atoms with van der Waals surface area (Å²) in [4.78, 5) is 0. The Morgan fingerprint density at radius 2 is 0.900 bits per heavy atom. The lowest BCUT2D eigenvalue weighted by Crippen LogP contribution is -2.12. The SMILES string of the molecule is Cc1ccc2c(C(F)(F)F)c(C)ccc2c1C(F)(F)F. The lowest BCUT2D eigenvalue weighted by atomic mass is 9.93. The van der Waals surface area contributed by atoms with Gasteiger partial charge in [-0.1, -0.05) is 24.3 Å². The Kier molecular flexibility index (Phi) is 3.23. The van der Waals surface area contributed by atoms with E-state index in [4.69, 9.17) is 0 Å². The van der Waals surface area contributed by atoms with Gasteiger partial charge in [0.25, 0.3) is 0 Å². The zero-order chi connectivity index (χ0) is 15.3. The second kappa shape index (κ2) is 4.40. The highest BCUT2D eigenvalue weighted by Gasteiger charge is 2.38. The second-order valence-electron chi connectivity index (χ2n) is 4.61. The fraction of sp³-hybridized carbons (Fsp3) is 0.286. The third-order valence-corrected chi connectivity index (χ3v) is 3.18. The molecule has 0 amide bonds. The van der Waals surface area contributed by atoms with E-state index in [0.29, 0.717) is 0 Å². The van der Waals surface area contributed by atoms with Crippen LogP contribution in [0.15, 0.2) is 24.3 Å². The van der Waals surface area contributed by atoms with Crippen molar-refractivity contribution < 1.29 is 26.3 Å². The summed E-state index contributed by atoms with van der Waals surface area (Å²) >= 11 is 0. The molecule has 0 bridgehead atoms. The zero-order valence-corrected chi connectivity index (χ0v) is 10.6. The molecule has 0 aliphatic rings. The van der Waals surface area contributed by atoms with Gasteiger partial charge in [0.05, 0.1) is 11.1 Å². The summed E-state index contributed by atoms with van der Waals surface area (Å²) in [5, 5.41) is -0.842. The van der Waals surface area contributed by atoms with E-state index in [1.54, 1.807) is 0 Å². The van der Waals surface area contributed by atoms with Gasteiger partial charge < -0.3 is 0 Å². The van der Waals surface area contributed by atoms with Crippen LogP contribution >= 0.6 is 0 Å². The van der Waals surface area contributed by atoms with Gasteiger partial charge >= 0.3 is 12.4 Å². The van der Waals surface area contributed by atoms with Crippen LogP contribution in [-0.4, -0.2) is 0 Å². The summed E-state index contributed by atoms with van der Waals surface area (Å²) in [5.41, 5.74) is -2.22. The van der Waals surface area contributed by atoms with E-state index in [1.807, 2.05) is 0 Å². The van der Waals surface area contributed by atoms with Crippen LogP contribution in [0.5, 0.6) is 0 Å². The predicted molar refractivity (Wildman–Crippen MR) is 63.4 cm³/mol. The molecule has 2 aromatic carbocycles. The summed E-state index contributed by atoms with van der Waals surface area (Å²) in [5.74, 6) is 0. The molecule has 0 atom stereocenters. The number of fused-ring (bicyclic) bond motifs is 1. The van der Waals surface area contributed by atoms with E-state index in [2.05, 4.69) is 0 Å². The van der Waals surface area contributed by atoms with Crippen molar-refractivity contribution in [2.45, 2.75) is 26.2 Å². The summed E-state index contributed by atoms with van der Waals surface area (Å²) in [6.07, 6.45) is -9.39. The normalized spacial score (nSPS) is 13.0. The molecule has 0 N–H and O–H groups in total. The number of halogens is 6. The van der Waals surface area contributed by atoms with Crippen molar-refractivity contribution in [3.8, 4) is 0 Å². The number of hydrogen-bond donors (Lipinski definition) is 0. The first-order valence-corrected chi connectivity index (χ1v) is 5.71. The van der Waals surface area contributed by atoms with E-state index >= 15 is 0 Å². The van der Waals surface area contributed by atoms with E-state index in [1.165, 1.54) is 13.8 Å². The molecule has 0 aliphatic heterocycles. The molecule has 2 rings (SSSR count). The standard InChI is InChI=1S/C14H10F6/c1-7-3-5-10-9(11(7)13(15,16)17)6-4-8(2)12(10)14(18,19)20/h3-6H,1-2H3. The number of hydrogen-bond acceptors (Lipinski definition) is 0. The Morgan fingerprint density at radius 1 is 0.600 bits per heavy atom. The first-order chi connectivity index (χ1) is 9.03. The molecular weight excluding hydrogens is 282 g/mol. The highest BCUT2D eigenvalue weighted by Crippen LogP contribution is 2.42. The van der Waals surface area contributed by atoms with Crippen molar-refractivity contribution in [3.05, 3.63) is 46.5 Å². The molecule has 0 saturated heterocycles. The number of aryl methyl sites for hydroxylation is 2. The third kappa shape index (κ3) is 2.34. The van der Waals surface area contributed by atoms with Gasteiger partial charge in [-0.2, -0.15) is 26.3 Å². The topological polar surface area (TPSA) is 0 Å². The fourth-order valence-corrected chi connectivity index (χ4v) is 2.38. The van der Waals surface area contributed by atoms with Gasteiger partial charge in [0.2, 0.25) is 0 Å². The maximum absolute atomic E-state index is 13.0. The molecule has 20 heavy (non-hydrogen) atoms. The van der Waals surface area contributed by atoms with Crippen LogP contribution in [-0.2, 0) is 12.4 Å². The average molecular weight is 292 g/mol. The quantitative estimate of drug-likeness (QED) is 0.563. The highest BCUT2D eigenvalue weighted by molar-refractivity contribution is 5.91. The zero-order valence-electron chi connectivity index (χ0n) is 10.6. The lowest BCUT2D eigenvalue weighted by Gasteiger charge is -2.18. The van der Waals surface area contributed by atoms with Crippen molar-refractivity contribution in [1.29, 1.82) is 0 Å². The first kappa shape index (κ1) is 14.7. The predicted octanol–water partition coefficient (Wildman–Crippen LogP) is 5.49. The van der Waals surface area contributed by atoms with E-state index in [9.17, 15) is 26.3 Å². The highest BCUT2D eigenvalue weighted by atomic mass is 19.4. The Morgan fingerprint density at radius 3 is 1.15 bits per heavy atom. The van der Waals surface area contributed by atoms with Crippen LogP contribution in [0.2, 0.25) is 0 Å². The van der Waals surface area contributed by atoms with Crippen molar-refractivity contribution >= 4 is 10.8 Å². The smallest absolute Gasteiger partial charge is 0.166 e. The van der Waals surface area contributed by atoms with Gasteiger partial charge in [-0.05, 0) is 35.7 Å². The molecule has 0 heterocycles. The second-order valence-corrected chi connectivity index (χ2v) is 4.61. The summed E-state index contributed by atoms with van der Waals surface area (Å²) in [6.45, 7) is 2.46. The maximum Gasteiger partial charge on any atom is 0.417 e. The van der Waals surface area contributed by atoms with Crippen molar-refractivity contribution in [1.82, 2.24) is 0 Å². The molecule has 0 nitrogen and oxygen atoms in total. The number of alkyl halides is 6. The average Bonchev–Trinajstić information content (AvgIpc) is 2.25. The molecule has 0 aromatic heterocycles. The van der Waals surface area contributed by atoms with Crippen LogP contribution in [0.3, 0.4) is 0 Å². The van der Waals surface area contributed by atoms with Gasteiger partial charge in [0.1, 0.15) is 0 Å². The molecule has 0 radical (unpaired) electrons. The molecule has 0 unspecified atom stereocenters. The van der Waals surface area contributed by atoms with Gasteiger partial charge in [-0.3, -0.25) is 0 Å². The molecule has 2 aromatic rings. The Bertz CT molecular complexity index is 605. The van der Waals surface area contributed by atoms with Crippen LogP contribution in [0.1, 0.15) is 22.3 Å². The van der Waals surface area contributed by atoms with Crippen molar-refractivity contribution in [2.75, 3.05) is 0 Å². The van der Waals surface area contributed by atoms with Crippen LogP contribution in [0, 0.1) is 13.8 Å². The van der Waals surface area contributed by atoms with Crippen LogP contribution in [0.4, 0.5) is 26.3 Å². The molecule has 0 fully saturated rings. The largest absolute Gasteiger partial charge is 0.417 e. The van der Waals surface area contributed by atoms with Gasteiger partial charge in [-0.15, -0.1) is 0 Å². The number of benzene rings is 2. The van der Waals surface area contributed by atoms with Gasteiger partial charge in [-0.25, -0.2) is 0 Å². The molecule has 0 spiro atoms. The lowest BCUT2D eigenvalue weighted by molar-refractivity contribution is -0.138. The third-order valence-electron chi connectivity index (χ3n) is 3.18. The minimum Gasteiger partial charge on any atom is -0.166 e. The van der Waals surface area contributed by atoms with E-state index in [0.717, 1.165) is 24.3 Å². The van der Waals surface area contributed by atoms with Crippen LogP contribution < -0.4 is 0 Å². The van der Waals surface area contributed by atoms with Gasteiger partial charge in [0.15, 0.2) is 0 Å². The minimum absolute atomic E-state index is 0.0954. The van der Waals surface area contributed by atoms with Crippen LogP contribution in [0.25, 0.3) is 10.8 Å². The summed E-state index contributed by atoms with van der Waals surface area (Å²) in [7, 11) is 0. The monoisotopic (exact) mass is 292 g/mol. The molecule has 0 aliphatic carbocycles. The van der Waals surface area contributed by atoms with E-state index in [-0.39, 0.29) is 11.1 Å². The summed E-state index contributed by atoms with van der Waals surface area (Å²) in [6, 6.07) is 4.32. The van der Waals surface area contributed by atoms with E-state index < -0.39 is 34.3 Å². The fourth-order valence-electron chi connectivity index (χ4n) is 2.38. The molecule has 0 saturated carbocycles. The Labute approximate surface area is 111 Å². The molecular formula is C14H10F6. The Hall–Kier alpha value is -1.72. The van der Waals surface area contributed by atoms with Crippen molar-refractivity contribution in [3.63, 3.8) is 0 Å². The number of rotatable bonds is 0. The van der Waals surface area contributed by atoms with Gasteiger partial charge in [0, 0.05) is 0 Å². The Balaban J connectivity index is 2.97. The summed E-state index contributed by atoms with van der Waals surface area (Å²) < 4.78 is 78.2. The molecule has 108 valence electrons. The maximum atomic E-state index is 13.0. The van der Waals surface area contributed by atoms with Crippen molar-refractivity contribution in [2.24, 2.45) is 0 Å². The molecule has 6 heteroatoms. The minimum atomic E-state index is -4.69.